The molecule has 0 saturated carbocycles. The van der Waals surface area contributed by atoms with Gasteiger partial charge < -0.3 is 9.88 Å². The summed E-state index contributed by atoms with van der Waals surface area (Å²) in [5, 5.41) is 15.3. The number of nitrogens with one attached hydrogen (secondary N) is 1. The average Bonchev–Trinajstić information content (AvgIpc) is 2.96. The van der Waals surface area contributed by atoms with Crippen LogP contribution in [0.15, 0.2) is 5.38 Å². The Bertz CT molecular complexity index is 544. The monoisotopic (exact) mass is 263 g/mol. The molecule has 3 rings (SSSR count). The van der Waals surface area contributed by atoms with Crippen LogP contribution >= 0.6 is 11.3 Å². The molecule has 1 aliphatic heterocycles. The summed E-state index contributed by atoms with van der Waals surface area (Å²) in [5.74, 6) is 1.97. The van der Waals surface area contributed by atoms with E-state index in [4.69, 9.17) is 0 Å². The van der Waals surface area contributed by atoms with Crippen molar-refractivity contribution >= 4 is 11.3 Å². The van der Waals surface area contributed by atoms with Crippen LogP contribution in [0.1, 0.15) is 36.6 Å². The first kappa shape index (κ1) is 11.8. The van der Waals surface area contributed by atoms with Gasteiger partial charge in [-0.25, -0.2) is 4.98 Å². The Morgan fingerprint density at radius 2 is 2.39 bits per heavy atom. The number of rotatable bonds is 3. The van der Waals surface area contributed by atoms with Crippen molar-refractivity contribution in [3.63, 3.8) is 0 Å². The van der Waals surface area contributed by atoms with E-state index in [1.807, 2.05) is 6.92 Å². The zero-order chi connectivity index (χ0) is 12.5. The van der Waals surface area contributed by atoms with E-state index < -0.39 is 0 Å². The summed E-state index contributed by atoms with van der Waals surface area (Å²) in [6.07, 6.45) is 2.25. The van der Waals surface area contributed by atoms with E-state index in [1.54, 1.807) is 11.3 Å². The third-order valence-electron chi connectivity index (χ3n) is 3.24. The van der Waals surface area contributed by atoms with Crippen molar-refractivity contribution in [3.8, 4) is 11.5 Å². The summed E-state index contributed by atoms with van der Waals surface area (Å²) in [6.45, 7) is 6.12. The lowest BCUT2D eigenvalue weighted by molar-refractivity contribution is 0.394. The molecule has 0 bridgehead atoms. The van der Waals surface area contributed by atoms with Crippen LogP contribution in [0.5, 0.6) is 0 Å². The van der Waals surface area contributed by atoms with Gasteiger partial charge in [0.15, 0.2) is 11.6 Å². The molecule has 0 saturated heterocycles. The third-order valence-corrected chi connectivity index (χ3v) is 4.02. The first-order chi connectivity index (χ1) is 8.79. The number of hydrogen-bond donors (Lipinski definition) is 1. The van der Waals surface area contributed by atoms with Gasteiger partial charge in [0.2, 0.25) is 0 Å². The average molecular weight is 263 g/mol. The van der Waals surface area contributed by atoms with E-state index in [0.717, 1.165) is 48.3 Å². The summed E-state index contributed by atoms with van der Waals surface area (Å²) in [7, 11) is 0. The first-order valence-corrected chi connectivity index (χ1v) is 7.26. The van der Waals surface area contributed by atoms with Gasteiger partial charge >= 0.3 is 0 Å². The van der Waals surface area contributed by atoms with Crippen molar-refractivity contribution in [1.82, 2.24) is 25.1 Å². The highest BCUT2D eigenvalue weighted by molar-refractivity contribution is 7.09. The molecule has 96 valence electrons. The Kier molecular flexibility index (Phi) is 3.13. The van der Waals surface area contributed by atoms with Gasteiger partial charge in [0.1, 0.15) is 5.69 Å². The highest BCUT2D eigenvalue weighted by atomic mass is 32.1. The van der Waals surface area contributed by atoms with E-state index in [1.165, 1.54) is 0 Å². The minimum Gasteiger partial charge on any atom is -0.307 e. The Labute approximate surface area is 110 Å². The number of aryl methyl sites for hydroxylation is 1. The third kappa shape index (κ3) is 1.95. The van der Waals surface area contributed by atoms with E-state index in [2.05, 4.69) is 37.4 Å². The Morgan fingerprint density at radius 1 is 1.50 bits per heavy atom. The Morgan fingerprint density at radius 3 is 3.11 bits per heavy atom. The van der Waals surface area contributed by atoms with Crippen molar-refractivity contribution in [3.05, 3.63) is 16.2 Å². The molecule has 2 aromatic heterocycles. The van der Waals surface area contributed by atoms with Crippen LogP contribution in [0, 0.1) is 6.92 Å². The predicted octanol–water partition coefficient (Wildman–Crippen LogP) is 2.15. The number of nitrogens with zero attached hydrogens (tertiary/aromatic N) is 4. The summed E-state index contributed by atoms with van der Waals surface area (Å²) in [6, 6.07) is 0.338. The van der Waals surface area contributed by atoms with Gasteiger partial charge in [-0.05, 0) is 13.3 Å². The first-order valence-electron chi connectivity index (χ1n) is 6.38. The van der Waals surface area contributed by atoms with Crippen LogP contribution in [-0.2, 0) is 6.54 Å². The molecule has 3 heterocycles. The highest BCUT2D eigenvalue weighted by Gasteiger charge is 2.25. The van der Waals surface area contributed by atoms with Gasteiger partial charge in [-0.2, -0.15) is 0 Å². The zero-order valence-corrected chi connectivity index (χ0v) is 11.5. The van der Waals surface area contributed by atoms with Gasteiger partial charge in [-0.15, -0.1) is 21.5 Å². The molecule has 6 heteroatoms. The molecule has 1 unspecified atom stereocenters. The minimum absolute atomic E-state index is 0.338. The van der Waals surface area contributed by atoms with Gasteiger partial charge in [0.05, 0.1) is 11.0 Å². The van der Waals surface area contributed by atoms with Crippen LogP contribution in [0.25, 0.3) is 11.5 Å². The van der Waals surface area contributed by atoms with Crippen LogP contribution in [-0.4, -0.2) is 26.3 Å². The quantitative estimate of drug-likeness (QED) is 0.922. The van der Waals surface area contributed by atoms with Gasteiger partial charge in [0.25, 0.3) is 0 Å². The van der Waals surface area contributed by atoms with E-state index in [9.17, 15) is 0 Å². The van der Waals surface area contributed by atoms with Crippen LogP contribution in [0.3, 0.4) is 0 Å². The maximum absolute atomic E-state index is 4.51. The van der Waals surface area contributed by atoms with Crippen molar-refractivity contribution in [1.29, 1.82) is 0 Å². The van der Waals surface area contributed by atoms with E-state index in [0.29, 0.717) is 6.04 Å². The second-order valence-corrected chi connectivity index (χ2v) is 5.64. The molecule has 5 nitrogen and oxygen atoms in total. The number of fused-ring (bicyclic) bond motifs is 1. The maximum Gasteiger partial charge on any atom is 0.183 e. The standard InChI is InChI=1S/C12H17N5S/c1-3-4-9-11-15-16-12(17(11)6-5-13-9)10-7-18-8(2)14-10/h7,9,13H,3-6H2,1-2H3. The van der Waals surface area contributed by atoms with E-state index in [-0.39, 0.29) is 0 Å². The van der Waals surface area contributed by atoms with Crippen molar-refractivity contribution in [2.24, 2.45) is 0 Å². The molecule has 1 N–H and O–H groups in total. The van der Waals surface area contributed by atoms with E-state index >= 15 is 0 Å². The largest absolute Gasteiger partial charge is 0.307 e. The lowest BCUT2D eigenvalue weighted by Gasteiger charge is -2.24. The zero-order valence-electron chi connectivity index (χ0n) is 10.7. The molecule has 0 spiro atoms. The van der Waals surface area contributed by atoms with Crippen molar-refractivity contribution < 1.29 is 0 Å². The van der Waals surface area contributed by atoms with Crippen LogP contribution in [0.2, 0.25) is 0 Å². The van der Waals surface area contributed by atoms with Crippen molar-refractivity contribution in [2.45, 2.75) is 39.3 Å². The fourth-order valence-electron chi connectivity index (χ4n) is 2.41. The minimum atomic E-state index is 0.338. The summed E-state index contributed by atoms with van der Waals surface area (Å²) in [4.78, 5) is 4.51. The fraction of sp³-hybridized carbons (Fsp3) is 0.583. The normalized spacial score (nSPS) is 18.9. The van der Waals surface area contributed by atoms with Gasteiger partial charge in [-0.3, -0.25) is 0 Å². The molecule has 0 fully saturated rings. The SMILES string of the molecule is CCCC1NCCn2c(-c3csc(C)n3)nnc21. The second kappa shape index (κ2) is 4.78. The lowest BCUT2D eigenvalue weighted by Crippen LogP contribution is -2.33. The van der Waals surface area contributed by atoms with Crippen molar-refractivity contribution in [2.75, 3.05) is 6.54 Å². The molecule has 0 aromatic carbocycles. The number of hydrogen-bond acceptors (Lipinski definition) is 5. The molecule has 2 aromatic rings. The predicted molar refractivity (Wildman–Crippen MR) is 71.5 cm³/mol. The number of aromatic nitrogens is 4. The summed E-state index contributed by atoms with van der Waals surface area (Å²) >= 11 is 1.66. The second-order valence-electron chi connectivity index (χ2n) is 4.58. The fourth-order valence-corrected chi connectivity index (χ4v) is 3.00. The molecular formula is C12H17N5S. The molecule has 0 radical (unpaired) electrons. The topological polar surface area (TPSA) is 55.6 Å². The smallest absolute Gasteiger partial charge is 0.183 e. The Balaban J connectivity index is 1.99. The van der Waals surface area contributed by atoms with Gasteiger partial charge in [0, 0.05) is 18.5 Å². The highest BCUT2D eigenvalue weighted by Crippen LogP contribution is 2.26. The molecular weight excluding hydrogens is 246 g/mol. The van der Waals surface area contributed by atoms with Crippen LogP contribution in [0.4, 0.5) is 0 Å². The molecule has 0 amide bonds. The lowest BCUT2D eigenvalue weighted by atomic mass is 10.1. The summed E-state index contributed by atoms with van der Waals surface area (Å²) < 4.78 is 2.21. The maximum atomic E-state index is 4.51. The number of thiazole rings is 1. The van der Waals surface area contributed by atoms with Gasteiger partial charge in [-0.1, -0.05) is 13.3 Å². The molecule has 18 heavy (non-hydrogen) atoms. The summed E-state index contributed by atoms with van der Waals surface area (Å²) in [5.41, 5.74) is 0.952. The Hall–Kier alpha value is -1.27. The molecule has 0 aliphatic carbocycles. The van der Waals surface area contributed by atoms with Crippen LogP contribution < -0.4 is 5.32 Å². The molecule has 1 atom stereocenters. The molecule has 1 aliphatic rings.